The maximum atomic E-state index is 12.6. The summed E-state index contributed by atoms with van der Waals surface area (Å²) in [5, 5.41) is -0.666. The Labute approximate surface area is 199 Å². The van der Waals surface area contributed by atoms with E-state index >= 15 is 0 Å². The summed E-state index contributed by atoms with van der Waals surface area (Å²) < 4.78 is 5.74. The van der Waals surface area contributed by atoms with Crippen LogP contribution in [0.1, 0.15) is 37.5 Å². The Bertz CT molecular complexity index is 1040. The molecule has 30 heavy (non-hydrogen) atoms. The predicted molar refractivity (Wildman–Crippen MR) is 116 cm³/mol. The number of ether oxygens (including phenoxy) is 1. The minimum absolute atomic E-state index is 0.143. The fraction of sp³-hybridized carbons (Fsp3) is 0.158. The topological polar surface area (TPSA) is 80.8 Å². The molecule has 0 radical (unpaired) electrons. The maximum Gasteiger partial charge on any atom is 0.308 e. The van der Waals surface area contributed by atoms with Gasteiger partial charge in [-0.3, -0.25) is 24.1 Å². The van der Waals surface area contributed by atoms with Crippen LogP contribution in [-0.4, -0.2) is 41.6 Å². The van der Waals surface area contributed by atoms with Gasteiger partial charge in [0.15, 0.2) is 12.4 Å². The van der Waals surface area contributed by atoms with Crippen LogP contribution in [0.3, 0.4) is 0 Å². The maximum absolute atomic E-state index is 12.6. The lowest BCUT2D eigenvalue weighted by atomic mass is 10.1. The number of carbonyl (C=O) groups is 4. The van der Waals surface area contributed by atoms with E-state index in [0.29, 0.717) is 5.56 Å². The highest BCUT2D eigenvalue weighted by Gasteiger charge is 2.41. The average molecular weight is 554 g/mol. The van der Waals surface area contributed by atoms with Gasteiger partial charge >= 0.3 is 5.97 Å². The van der Waals surface area contributed by atoms with Crippen LogP contribution in [-0.2, 0) is 9.53 Å². The second-order valence-corrected chi connectivity index (χ2v) is 8.54. The Hall–Kier alpha value is -1.64. The first-order valence-electron chi connectivity index (χ1n) is 8.30. The molecule has 0 spiro atoms. The minimum Gasteiger partial charge on any atom is -0.457 e. The van der Waals surface area contributed by atoms with Crippen LogP contribution >= 0.6 is 62.3 Å². The molecule has 3 rings (SSSR count). The van der Waals surface area contributed by atoms with Crippen molar-refractivity contribution in [1.82, 2.24) is 4.90 Å². The molecule has 156 valence electrons. The van der Waals surface area contributed by atoms with Crippen molar-refractivity contribution in [2.24, 2.45) is 0 Å². The first kappa shape index (κ1) is 23.0. The highest BCUT2D eigenvalue weighted by atomic mass is 79.9. The van der Waals surface area contributed by atoms with Crippen LogP contribution in [0.2, 0.25) is 20.1 Å². The molecule has 0 fully saturated rings. The molecule has 2 aromatic rings. The van der Waals surface area contributed by atoms with E-state index in [1.54, 1.807) is 24.3 Å². The number of ketones is 1. The fourth-order valence-electron chi connectivity index (χ4n) is 2.74. The molecular weight excluding hydrogens is 544 g/mol. The van der Waals surface area contributed by atoms with Crippen molar-refractivity contribution in [2.75, 3.05) is 13.2 Å². The number of carbonyl (C=O) groups excluding carboxylic acids is 4. The third-order valence-electron chi connectivity index (χ3n) is 4.26. The number of fused-ring (bicyclic) bond motifs is 1. The normalized spacial score (nSPS) is 12.9. The van der Waals surface area contributed by atoms with Crippen molar-refractivity contribution >= 4 is 85.9 Å². The second-order valence-electron chi connectivity index (χ2n) is 6.11. The lowest BCUT2D eigenvalue weighted by Crippen LogP contribution is -2.32. The fourth-order valence-corrected chi connectivity index (χ4v) is 4.02. The first-order valence-corrected chi connectivity index (χ1v) is 10.6. The first-order chi connectivity index (χ1) is 14.1. The Morgan fingerprint density at radius 3 is 1.87 bits per heavy atom. The van der Waals surface area contributed by atoms with Crippen LogP contribution in [0.5, 0.6) is 0 Å². The number of imide groups is 1. The van der Waals surface area contributed by atoms with Gasteiger partial charge in [0.25, 0.3) is 11.8 Å². The van der Waals surface area contributed by atoms with Gasteiger partial charge in [0.1, 0.15) is 0 Å². The highest BCUT2D eigenvalue weighted by molar-refractivity contribution is 9.10. The zero-order valence-corrected chi connectivity index (χ0v) is 19.4. The number of rotatable bonds is 6. The lowest BCUT2D eigenvalue weighted by molar-refractivity contribution is -0.142. The largest absolute Gasteiger partial charge is 0.457 e. The molecule has 11 heteroatoms. The van der Waals surface area contributed by atoms with E-state index in [1.165, 1.54) is 0 Å². The molecule has 1 aliphatic rings. The molecule has 0 saturated heterocycles. The van der Waals surface area contributed by atoms with E-state index in [4.69, 9.17) is 51.1 Å². The number of benzene rings is 2. The van der Waals surface area contributed by atoms with Crippen molar-refractivity contribution < 1.29 is 23.9 Å². The van der Waals surface area contributed by atoms with E-state index in [1.807, 2.05) is 0 Å². The Kier molecular flexibility index (Phi) is 7.09. The number of nitrogens with zero attached hydrogens (tertiary/aromatic N) is 1. The van der Waals surface area contributed by atoms with Gasteiger partial charge in [0.2, 0.25) is 0 Å². The van der Waals surface area contributed by atoms with Crippen LogP contribution < -0.4 is 0 Å². The van der Waals surface area contributed by atoms with E-state index in [0.717, 1.165) is 9.37 Å². The number of amides is 2. The van der Waals surface area contributed by atoms with Gasteiger partial charge in [-0.1, -0.05) is 74.5 Å². The summed E-state index contributed by atoms with van der Waals surface area (Å²) in [6, 6.07) is 6.55. The van der Waals surface area contributed by atoms with Crippen LogP contribution in [0.15, 0.2) is 28.7 Å². The molecule has 2 aromatic carbocycles. The molecule has 6 nitrogen and oxygen atoms in total. The second kappa shape index (κ2) is 9.24. The molecule has 1 aliphatic heterocycles. The quantitative estimate of drug-likeness (QED) is 0.156. The minimum atomic E-state index is -0.759. The van der Waals surface area contributed by atoms with Crippen molar-refractivity contribution in [3.8, 4) is 0 Å². The Morgan fingerprint density at radius 2 is 1.37 bits per heavy atom. The SMILES string of the molecule is O=C(CCN1C(=O)c2c(Cl)c(Cl)c(Cl)c(Cl)c2C1=O)OCC(=O)c1ccc(Br)cc1. The van der Waals surface area contributed by atoms with Gasteiger partial charge in [0.05, 0.1) is 37.6 Å². The molecule has 1 heterocycles. The van der Waals surface area contributed by atoms with E-state index in [-0.39, 0.29) is 50.0 Å². The Balaban J connectivity index is 1.63. The van der Waals surface area contributed by atoms with Gasteiger partial charge in [-0.05, 0) is 12.1 Å². The number of halogens is 5. The highest BCUT2D eigenvalue weighted by Crippen LogP contribution is 2.44. The molecule has 0 unspecified atom stereocenters. The van der Waals surface area contributed by atoms with E-state index in [9.17, 15) is 19.2 Å². The Morgan fingerprint density at radius 1 is 0.867 bits per heavy atom. The van der Waals surface area contributed by atoms with Crippen molar-refractivity contribution in [2.45, 2.75) is 6.42 Å². The molecule has 0 aliphatic carbocycles. The van der Waals surface area contributed by atoms with Gasteiger partial charge in [-0.2, -0.15) is 0 Å². The summed E-state index contributed by atoms with van der Waals surface area (Å²) in [6.07, 6.45) is -0.324. The summed E-state index contributed by atoms with van der Waals surface area (Å²) in [4.78, 5) is 50.0. The third-order valence-corrected chi connectivity index (χ3v) is 6.59. The average Bonchev–Trinajstić information content (AvgIpc) is 2.97. The molecule has 0 atom stereocenters. The van der Waals surface area contributed by atoms with Crippen LogP contribution in [0.4, 0.5) is 0 Å². The standard InChI is InChI=1S/C19H10BrCl4NO5/c20-9-3-1-8(2-4-9)10(26)7-30-11(27)5-6-25-18(28)12-13(19(25)29)15(22)17(24)16(23)14(12)21/h1-4H,5-7H2. The molecule has 0 bridgehead atoms. The zero-order valence-electron chi connectivity index (χ0n) is 14.8. The summed E-state index contributed by atoms with van der Waals surface area (Å²) in [6.45, 7) is -0.759. The molecule has 0 N–H and O–H groups in total. The third kappa shape index (κ3) is 4.36. The summed E-state index contributed by atoms with van der Waals surface area (Å²) >= 11 is 27.3. The van der Waals surface area contributed by atoms with Gasteiger partial charge in [0, 0.05) is 16.6 Å². The summed E-state index contributed by atoms with van der Waals surface area (Å²) in [7, 11) is 0. The molecule has 2 amide bonds. The number of hydrogen-bond donors (Lipinski definition) is 0. The van der Waals surface area contributed by atoms with E-state index in [2.05, 4.69) is 15.9 Å². The molecule has 0 saturated carbocycles. The molecule has 0 aromatic heterocycles. The summed E-state index contributed by atoms with van der Waals surface area (Å²) in [5.74, 6) is -2.65. The monoisotopic (exact) mass is 551 g/mol. The number of hydrogen-bond acceptors (Lipinski definition) is 5. The van der Waals surface area contributed by atoms with Crippen molar-refractivity contribution in [3.63, 3.8) is 0 Å². The van der Waals surface area contributed by atoms with Gasteiger partial charge < -0.3 is 4.74 Å². The smallest absolute Gasteiger partial charge is 0.308 e. The zero-order chi connectivity index (χ0) is 22.2. The van der Waals surface area contributed by atoms with Crippen LogP contribution in [0, 0.1) is 0 Å². The van der Waals surface area contributed by atoms with E-state index < -0.39 is 24.4 Å². The number of esters is 1. The van der Waals surface area contributed by atoms with Crippen molar-refractivity contribution in [3.05, 3.63) is 65.5 Å². The lowest BCUT2D eigenvalue weighted by Gasteiger charge is -2.13. The van der Waals surface area contributed by atoms with Gasteiger partial charge in [-0.15, -0.1) is 0 Å². The molecular formula is C19H10BrCl4NO5. The summed E-state index contributed by atoms with van der Waals surface area (Å²) in [5.41, 5.74) is 0.0455. The predicted octanol–water partition coefficient (Wildman–Crippen LogP) is 5.47. The van der Waals surface area contributed by atoms with Crippen molar-refractivity contribution in [1.29, 1.82) is 0 Å². The van der Waals surface area contributed by atoms with Crippen LogP contribution in [0.25, 0.3) is 0 Å². The number of Topliss-reactive ketones (excluding diaryl/α,β-unsaturated/α-hetero) is 1. The van der Waals surface area contributed by atoms with Gasteiger partial charge in [-0.25, -0.2) is 0 Å².